The Bertz CT molecular complexity index is 502. The quantitative estimate of drug-likeness (QED) is 0.771. The first kappa shape index (κ1) is 15.9. The summed E-state index contributed by atoms with van der Waals surface area (Å²) in [5.41, 5.74) is 2.12. The largest absolute Gasteiger partial charge is 0.480 e. The summed E-state index contributed by atoms with van der Waals surface area (Å²) >= 11 is 0. The number of hydrogen-bond donors (Lipinski definition) is 3. The third kappa shape index (κ3) is 4.22. The highest BCUT2D eigenvalue weighted by molar-refractivity contribution is 5.92. The van der Waals surface area contributed by atoms with Gasteiger partial charge in [-0.05, 0) is 31.9 Å². The van der Waals surface area contributed by atoms with E-state index in [-0.39, 0.29) is 5.92 Å². The van der Waals surface area contributed by atoms with Crippen LogP contribution in [0.2, 0.25) is 0 Å². The van der Waals surface area contributed by atoms with Gasteiger partial charge in [-0.25, -0.2) is 9.59 Å². The molecule has 6 nitrogen and oxygen atoms in total. The summed E-state index contributed by atoms with van der Waals surface area (Å²) in [6.45, 7) is 7.32. The number of rotatable bonds is 5. The average molecular weight is 279 g/mol. The van der Waals surface area contributed by atoms with Gasteiger partial charge in [0.1, 0.15) is 6.04 Å². The number of nitrogens with one attached hydrogen (secondary N) is 2. The molecule has 0 aliphatic rings. The molecule has 0 aromatic carbocycles. The molecule has 110 valence electrons. The van der Waals surface area contributed by atoms with Crippen molar-refractivity contribution >= 4 is 17.7 Å². The van der Waals surface area contributed by atoms with Crippen LogP contribution < -0.4 is 10.6 Å². The van der Waals surface area contributed by atoms with Crippen molar-refractivity contribution in [1.82, 2.24) is 10.3 Å². The van der Waals surface area contributed by atoms with Crippen molar-refractivity contribution in [1.29, 1.82) is 0 Å². The molecule has 1 aromatic rings. The minimum atomic E-state index is -1.03. The number of carboxylic acids is 1. The number of aliphatic carboxylic acids is 1. The van der Waals surface area contributed by atoms with Crippen molar-refractivity contribution in [2.24, 2.45) is 5.92 Å². The highest BCUT2D eigenvalue weighted by Gasteiger charge is 2.25. The van der Waals surface area contributed by atoms with Crippen molar-refractivity contribution in [2.75, 3.05) is 5.32 Å². The van der Waals surface area contributed by atoms with E-state index in [1.54, 1.807) is 26.0 Å². The molecule has 1 heterocycles. The van der Waals surface area contributed by atoms with Crippen molar-refractivity contribution in [2.45, 2.75) is 40.2 Å². The molecule has 0 fully saturated rings. The molecule has 1 aromatic heterocycles. The van der Waals surface area contributed by atoms with E-state index in [1.165, 1.54) is 0 Å². The number of nitrogens with zero attached hydrogens (tertiary/aromatic N) is 1. The predicted octanol–water partition coefficient (Wildman–Crippen LogP) is 2.32. The molecule has 0 saturated heterocycles. The third-order valence-electron chi connectivity index (χ3n) is 3.24. The van der Waals surface area contributed by atoms with E-state index in [0.29, 0.717) is 17.8 Å². The first-order valence-electron chi connectivity index (χ1n) is 6.59. The number of urea groups is 1. The fourth-order valence-corrected chi connectivity index (χ4v) is 1.80. The maximum atomic E-state index is 11.9. The summed E-state index contributed by atoms with van der Waals surface area (Å²) in [4.78, 5) is 27.2. The predicted molar refractivity (Wildman–Crippen MR) is 76.7 cm³/mol. The van der Waals surface area contributed by atoms with E-state index in [0.717, 1.165) is 5.69 Å². The zero-order chi connectivity index (χ0) is 15.3. The number of aromatic nitrogens is 1. The summed E-state index contributed by atoms with van der Waals surface area (Å²) in [6.07, 6.45) is 0.669. The molecule has 0 bridgehead atoms. The zero-order valence-corrected chi connectivity index (χ0v) is 12.2. The number of anilines is 1. The van der Waals surface area contributed by atoms with Gasteiger partial charge in [-0.3, -0.25) is 4.98 Å². The zero-order valence-electron chi connectivity index (χ0n) is 12.2. The summed E-state index contributed by atoms with van der Waals surface area (Å²) in [5.74, 6) is -1.18. The van der Waals surface area contributed by atoms with E-state index in [4.69, 9.17) is 5.11 Å². The first-order chi connectivity index (χ1) is 9.35. The Balaban J connectivity index is 2.73. The van der Waals surface area contributed by atoms with Crippen LogP contribution in [0.15, 0.2) is 12.1 Å². The van der Waals surface area contributed by atoms with Crippen LogP contribution in [-0.2, 0) is 4.79 Å². The monoisotopic (exact) mass is 279 g/mol. The van der Waals surface area contributed by atoms with Gasteiger partial charge >= 0.3 is 12.0 Å². The number of carbonyl (C=O) groups is 2. The molecule has 0 aliphatic carbocycles. The first-order valence-corrected chi connectivity index (χ1v) is 6.59. The topological polar surface area (TPSA) is 91.3 Å². The molecule has 20 heavy (non-hydrogen) atoms. The van der Waals surface area contributed by atoms with Crippen LogP contribution in [0, 0.1) is 19.8 Å². The number of hydrogen-bond acceptors (Lipinski definition) is 3. The van der Waals surface area contributed by atoms with Crippen LogP contribution in [0.5, 0.6) is 0 Å². The lowest BCUT2D eigenvalue weighted by atomic mass is 9.99. The summed E-state index contributed by atoms with van der Waals surface area (Å²) in [7, 11) is 0. The Morgan fingerprint density at radius 2 is 2.00 bits per heavy atom. The lowest BCUT2D eigenvalue weighted by Crippen LogP contribution is -2.46. The molecular weight excluding hydrogens is 258 g/mol. The van der Waals surface area contributed by atoms with Gasteiger partial charge in [0, 0.05) is 5.69 Å². The van der Waals surface area contributed by atoms with Crippen LogP contribution in [0.1, 0.15) is 31.7 Å². The van der Waals surface area contributed by atoms with Gasteiger partial charge in [0.15, 0.2) is 0 Å². The fraction of sp³-hybridized carbons (Fsp3) is 0.500. The van der Waals surface area contributed by atoms with Crippen LogP contribution in [0.25, 0.3) is 0 Å². The Kier molecular flexibility index (Phi) is 5.49. The number of aryl methyl sites for hydroxylation is 2. The van der Waals surface area contributed by atoms with Crippen molar-refractivity contribution in [3.63, 3.8) is 0 Å². The second-order valence-electron chi connectivity index (χ2n) is 4.89. The molecule has 2 atom stereocenters. The Hall–Kier alpha value is -2.11. The Labute approximate surface area is 118 Å². The maximum absolute atomic E-state index is 11.9. The molecule has 2 amide bonds. The van der Waals surface area contributed by atoms with Gasteiger partial charge in [-0.15, -0.1) is 0 Å². The Morgan fingerprint density at radius 1 is 1.35 bits per heavy atom. The van der Waals surface area contributed by atoms with Gasteiger partial charge < -0.3 is 15.7 Å². The van der Waals surface area contributed by atoms with E-state index >= 15 is 0 Å². The maximum Gasteiger partial charge on any atom is 0.326 e. The van der Waals surface area contributed by atoms with Gasteiger partial charge in [0.2, 0.25) is 0 Å². The highest BCUT2D eigenvalue weighted by atomic mass is 16.4. The van der Waals surface area contributed by atoms with Crippen molar-refractivity contribution in [3.05, 3.63) is 23.5 Å². The number of amides is 2. The van der Waals surface area contributed by atoms with Gasteiger partial charge in [-0.2, -0.15) is 0 Å². The lowest BCUT2D eigenvalue weighted by Gasteiger charge is -2.20. The van der Waals surface area contributed by atoms with Crippen LogP contribution in [-0.4, -0.2) is 28.1 Å². The number of pyridine rings is 1. The van der Waals surface area contributed by atoms with Crippen LogP contribution in [0.3, 0.4) is 0 Å². The van der Waals surface area contributed by atoms with Gasteiger partial charge in [-0.1, -0.05) is 20.3 Å². The van der Waals surface area contributed by atoms with Crippen LogP contribution >= 0.6 is 0 Å². The molecule has 0 unspecified atom stereocenters. The summed E-state index contributed by atoms with van der Waals surface area (Å²) < 4.78 is 0. The fourth-order valence-electron chi connectivity index (χ4n) is 1.80. The molecular formula is C14H21N3O3. The number of carboxylic acid groups (broad SMARTS) is 1. The van der Waals surface area contributed by atoms with Crippen molar-refractivity contribution in [3.8, 4) is 0 Å². The molecule has 1 rings (SSSR count). The van der Waals surface area contributed by atoms with Crippen molar-refractivity contribution < 1.29 is 14.7 Å². The minimum absolute atomic E-state index is 0.143. The van der Waals surface area contributed by atoms with Gasteiger partial charge in [0.05, 0.1) is 11.4 Å². The molecule has 6 heteroatoms. The molecule has 0 saturated carbocycles. The number of carbonyl (C=O) groups excluding carboxylic acids is 1. The third-order valence-corrected chi connectivity index (χ3v) is 3.24. The Morgan fingerprint density at radius 3 is 2.50 bits per heavy atom. The van der Waals surface area contributed by atoms with E-state index in [9.17, 15) is 9.59 Å². The molecule has 3 N–H and O–H groups in total. The smallest absolute Gasteiger partial charge is 0.326 e. The minimum Gasteiger partial charge on any atom is -0.480 e. The van der Waals surface area contributed by atoms with E-state index < -0.39 is 18.0 Å². The lowest BCUT2D eigenvalue weighted by molar-refractivity contribution is -0.140. The average Bonchev–Trinajstić information content (AvgIpc) is 2.38. The SMILES string of the molecule is CC[C@H](C)[C@H](NC(=O)Nc1ccc(C)nc1C)C(=O)O. The molecule has 0 spiro atoms. The summed E-state index contributed by atoms with van der Waals surface area (Å²) in [6, 6.07) is 2.09. The van der Waals surface area contributed by atoms with Crippen LogP contribution in [0.4, 0.5) is 10.5 Å². The van der Waals surface area contributed by atoms with E-state index in [1.807, 2.05) is 13.8 Å². The second-order valence-corrected chi connectivity index (χ2v) is 4.89. The van der Waals surface area contributed by atoms with Gasteiger partial charge in [0.25, 0.3) is 0 Å². The second kappa shape index (κ2) is 6.88. The molecule has 0 aliphatic heterocycles. The highest BCUT2D eigenvalue weighted by Crippen LogP contribution is 2.13. The molecule has 0 radical (unpaired) electrons. The summed E-state index contributed by atoms with van der Waals surface area (Å²) in [5, 5.41) is 14.2. The van der Waals surface area contributed by atoms with E-state index in [2.05, 4.69) is 15.6 Å². The normalized spacial score (nSPS) is 13.4. The standard InChI is InChI=1S/C14H21N3O3/c1-5-8(2)12(13(18)19)17-14(20)16-11-7-6-9(3)15-10(11)4/h6-8,12H,5H2,1-4H3,(H,18,19)(H2,16,17,20)/t8-,12-/m0/s1.